The van der Waals surface area contributed by atoms with E-state index in [4.69, 9.17) is 0 Å². The molecule has 0 spiro atoms. The van der Waals surface area contributed by atoms with Gasteiger partial charge in [0, 0.05) is 12.6 Å². The summed E-state index contributed by atoms with van der Waals surface area (Å²) in [6.45, 7) is 4.02. The molecule has 0 saturated heterocycles. The van der Waals surface area contributed by atoms with E-state index in [0.29, 0.717) is 6.42 Å². The summed E-state index contributed by atoms with van der Waals surface area (Å²) in [5.74, 6) is 0.129. The Kier molecular flexibility index (Phi) is 3.02. The Labute approximate surface area is 72.4 Å². The molecule has 0 aliphatic carbocycles. The molecule has 0 aliphatic rings. The van der Waals surface area contributed by atoms with Gasteiger partial charge >= 0.3 is 0 Å². The monoisotopic (exact) mass is 166 g/mol. The molecule has 1 aromatic rings. The van der Waals surface area contributed by atoms with Gasteiger partial charge in [-0.15, -0.1) is 0 Å². The molecule has 0 unspecified atom stereocenters. The normalized spacial score (nSPS) is 10.2. The first-order chi connectivity index (χ1) is 5.77. The first kappa shape index (κ1) is 8.97. The van der Waals surface area contributed by atoms with E-state index in [9.17, 15) is 4.79 Å². The van der Waals surface area contributed by atoms with E-state index in [0.717, 1.165) is 18.5 Å². The zero-order chi connectivity index (χ0) is 8.97. The number of rotatable bonds is 3. The average molecular weight is 166 g/mol. The Morgan fingerprint density at radius 1 is 1.58 bits per heavy atom. The SMILES string of the molecule is CCCC(=O)n1cnc(CC)c1. The van der Waals surface area contributed by atoms with Gasteiger partial charge in [-0.1, -0.05) is 13.8 Å². The zero-order valence-electron chi connectivity index (χ0n) is 7.58. The first-order valence-corrected chi connectivity index (χ1v) is 4.34. The predicted molar refractivity (Wildman–Crippen MR) is 47.1 cm³/mol. The van der Waals surface area contributed by atoms with E-state index in [1.165, 1.54) is 0 Å². The van der Waals surface area contributed by atoms with Crippen LogP contribution in [0.4, 0.5) is 0 Å². The maximum Gasteiger partial charge on any atom is 0.231 e. The van der Waals surface area contributed by atoms with Gasteiger partial charge < -0.3 is 0 Å². The lowest BCUT2D eigenvalue weighted by molar-refractivity contribution is 0.0901. The fraction of sp³-hybridized carbons (Fsp3) is 0.556. The van der Waals surface area contributed by atoms with Gasteiger partial charge in [0.15, 0.2) is 0 Å². The Bertz CT molecular complexity index is 265. The van der Waals surface area contributed by atoms with E-state index in [-0.39, 0.29) is 5.91 Å². The van der Waals surface area contributed by atoms with Crippen LogP contribution < -0.4 is 0 Å². The molecular formula is C9H14N2O. The molecule has 0 aromatic carbocycles. The Morgan fingerprint density at radius 3 is 2.83 bits per heavy atom. The molecular weight excluding hydrogens is 152 g/mol. The molecule has 66 valence electrons. The van der Waals surface area contributed by atoms with Crippen LogP contribution in [0.3, 0.4) is 0 Å². The number of aryl methyl sites for hydroxylation is 1. The van der Waals surface area contributed by atoms with E-state index in [1.54, 1.807) is 17.1 Å². The van der Waals surface area contributed by atoms with Crippen LogP contribution in [-0.2, 0) is 6.42 Å². The Morgan fingerprint density at radius 2 is 2.33 bits per heavy atom. The van der Waals surface area contributed by atoms with Crippen LogP contribution in [0.2, 0.25) is 0 Å². The van der Waals surface area contributed by atoms with Crippen molar-refractivity contribution < 1.29 is 4.79 Å². The third-order valence-electron chi connectivity index (χ3n) is 1.75. The second-order valence-electron chi connectivity index (χ2n) is 2.77. The van der Waals surface area contributed by atoms with Gasteiger partial charge in [0.05, 0.1) is 5.69 Å². The lowest BCUT2D eigenvalue weighted by Gasteiger charge is -1.96. The van der Waals surface area contributed by atoms with Crippen LogP contribution in [0.25, 0.3) is 0 Å². The van der Waals surface area contributed by atoms with Gasteiger partial charge in [0.2, 0.25) is 5.91 Å². The largest absolute Gasteiger partial charge is 0.276 e. The van der Waals surface area contributed by atoms with Crippen molar-refractivity contribution in [3.63, 3.8) is 0 Å². The van der Waals surface area contributed by atoms with Gasteiger partial charge in [-0.25, -0.2) is 4.98 Å². The molecule has 0 amide bonds. The highest BCUT2D eigenvalue weighted by molar-refractivity contribution is 5.78. The minimum atomic E-state index is 0.129. The lowest BCUT2D eigenvalue weighted by Crippen LogP contribution is -2.06. The van der Waals surface area contributed by atoms with Gasteiger partial charge in [-0.05, 0) is 12.8 Å². The van der Waals surface area contributed by atoms with Crippen molar-refractivity contribution in [2.45, 2.75) is 33.1 Å². The third-order valence-corrected chi connectivity index (χ3v) is 1.75. The van der Waals surface area contributed by atoms with Crippen LogP contribution in [0, 0.1) is 0 Å². The van der Waals surface area contributed by atoms with Crippen LogP contribution in [0.5, 0.6) is 0 Å². The highest BCUT2D eigenvalue weighted by atomic mass is 16.2. The number of aromatic nitrogens is 2. The first-order valence-electron chi connectivity index (χ1n) is 4.34. The van der Waals surface area contributed by atoms with Crippen molar-refractivity contribution in [3.8, 4) is 0 Å². The molecule has 3 nitrogen and oxygen atoms in total. The van der Waals surface area contributed by atoms with Crippen molar-refractivity contribution in [2.75, 3.05) is 0 Å². The van der Waals surface area contributed by atoms with Crippen LogP contribution in [-0.4, -0.2) is 15.5 Å². The van der Waals surface area contributed by atoms with Crippen molar-refractivity contribution in [2.24, 2.45) is 0 Å². The highest BCUT2D eigenvalue weighted by Crippen LogP contribution is 1.99. The Hall–Kier alpha value is -1.12. The number of hydrogen-bond acceptors (Lipinski definition) is 2. The minimum absolute atomic E-state index is 0.129. The second-order valence-corrected chi connectivity index (χ2v) is 2.77. The van der Waals surface area contributed by atoms with E-state index < -0.39 is 0 Å². The molecule has 0 fully saturated rings. The summed E-state index contributed by atoms with van der Waals surface area (Å²) in [5, 5.41) is 0. The molecule has 0 saturated carbocycles. The van der Waals surface area contributed by atoms with Crippen molar-refractivity contribution in [1.82, 2.24) is 9.55 Å². The molecule has 0 radical (unpaired) electrons. The minimum Gasteiger partial charge on any atom is -0.276 e. The van der Waals surface area contributed by atoms with Gasteiger partial charge in [0.25, 0.3) is 0 Å². The quantitative estimate of drug-likeness (QED) is 0.687. The molecule has 0 atom stereocenters. The van der Waals surface area contributed by atoms with Crippen LogP contribution in [0.1, 0.15) is 37.2 Å². The number of imidazole rings is 1. The number of carbonyl (C=O) groups is 1. The zero-order valence-corrected chi connectivity index (χ0v) is 7.58. The second kappa shape index (κ2) is 4.04. The smallest absolute Gasteiger partial charge is 0.231 e. The maximum absolute atomic E-state index is 11.3. The van der Waals surface area contributed by atoms with E-state index in [1.807, 2.05) is 13.8 Å². The summed E-state index contributed by atoms with van der Waals surface area (Å²) in [4.78, 5) is 15.4. The standard InChI is InChI=1S/C9H14N2O/c1-3-5-9(12)11-6-8(4-2)10-7-11/h6-7H,3-5H2,1-2H3. The van der Waals surface area contributed by atoms with Crippen molar-refractivity contribution >= 4 is 5.91 Å². The number of nitrogens with zero attached hydrogens (tertiary/aromatic N) is 2. The topological polar surface area (TPSA) is 34.9 Å². The molecule has 0 N–H and O–H groups in total. The van der Waals surface area contributed by atoms with Gasteiger partial charge in [-0.3, -0.25) is 9.36 Å². The third kappa shape index (κ3) is 1.94. The lowest BCUT2D eigenvalue weighted by atomic mass is 10.3. The Balaban J connectivity index is 2.68. The van der Waals surface area contributed by atoms with Crippen molar-refractivity contribution in [1.29, 1.82) is 0 Å². The summed E-state index contributed by atoms with van der Waals surface area (Å²) in [7, 11) is 0. The fourth-order valence-electron chi connectivity index (χ4n) is 1.03. The van der Waals surface area contributed by atoms with E-state index >= 15 is 0 Å². The predicted octanol–water partition coefficient (Wildman–Crippen LogP) is 1.89. The van der Waals surface area contributed by atoms with Crippen molar-refractivity contribution in [3.05, 3.63) is 18.2 Å². The number of carbonyl (C=O) groups excluding carboxylic acids is 1. The molecule has 12 heavy (non-hydrogen) atoms. The molecule has 3 heteroatoms. The average Bonchev–Trinajstić information content (AvgIpc) is 2.52. The fourth-order valence-corrected chi connectivity index (χ4v) is 1.03. The molecule has 1 heterocycles. The summed E-state index contributed by atoms with van der Waals surface area (Å²) >= 11 is 0. The highest BCUT2D eigenvalue weighted by Gasteiger charge is 2.03. The van der Waals surface area contributed by atoms with Crippen LogP contribution >= 0.6 is 0 Å². The number of hydrogen-bond donors (Lipinski definition) is 0. The molecule has 0 aliphatic heterocycles. The van der Waals surface area contributed by atoms with Gasteiger partial charge in [-0.2, -0.15) is 0 Å². The van der Waals surface area contributed by atoms with Crippen LogP contribution in [0.15, 0.2) is 12.5 Å². The summed E-state index contributed by atoms with van der Waals surface area (Å²) in [6, 6.07) is 0. The van der Waals surface area contributed by atoms with E-state index in [2.05, 4.69) is 4.98 Å². The van der Waals surface area contributed by atoms with Gasteiger partial charge in [0.1, 0.15) is 6.33 Å². The maximum atomic E-state index is 11.3. The molecule has 0 bridgehead atoms. The molecule has 1 rings (SSSR count). The molecule has 1 aromatic heterocycles. The summed E-state index contributed by atoms with van der Waals surface area (Å²) in [5.41, 5.74) is 0.972. The summed E-state index contributed by atoms with van der Waals surface area (Å²) < 4.78 is 1.57. The summed E-state index contributed by atoms with van der Waals surface area (Å²) in [6.07, 6.45) is 5.76.